The normalized spacial score (nSPS) is 17.3. The number of aromatic nitrogens is 3. The highest BCUT2D eigenvalue weighted by molar-refractivity contribution is 5.99. The molecular formula is C22H18F3N5O2. The van der Waals surface area contributed by atoms with Gasteiger partial charge in [-0.3, -0.25) is 4.79 Å². The summed E-state index contributed by atoms with van der Waals surface area (Å²) < 4.78 is 43.4. The Bertz CT molecular complexity index is 1230. The highest BCUT2D eigenvalue weighted by Gasteiger charge is 2.58. The summed E-state index contributed by atoms with van der Waals surface area (Å²) in [6, 6.07) is 5.02. The van der Waals surface area contributed by atoms with Crippen LogP contribution in [0, 0.1) is 23.7 Å². The van der Waals surface area contributed by atoms with E-state index in [1.54, 1.807) is 44.8 Å². The zero-order valence-electron chi connectivity index (χ0n) is 17.1. The molecule has 2 N–H and O–H groups in total. The van der Waals surface area contributed by atoms with Crippen LogP contribution in [0.25, 0.3) is 10.8 Å². The zero-order valence-corrected chi connectivity index (χ0v) is 17.1. The van der Waals surface area contributed by atoms with Crippen LogP contribution in [0.2, 0.25) is 0 Å². The van der Waals surface area contributed by atoms with Gasteiger partial charge in [0, 0.05) is 30.2 Å². The van der Waals surface area contributed by atoms with Crippen molar-refractivity contribution < 1.29 is 22.7 Å². The molecule has 10 heteroatoms. The van der Waals surface area contributed by atoms with Crippen molar-refractivity contribution in [1.82, 2.24) is 15.0 Å². The van der Waals surface area contributed by atoms with Gasteiger partial charge in [-0.25, -0.2) is 15.0 Å². The number of ether oxygens (including phenoxy) is 1. The number of hydrogen-bond acceptors (Lipinski definition) is 6. The van der Waals surface area contributed by atoms with Crippen molar-refractivity contribution >= 4 is 28.3 Å². The number of carbonyl (C=O) groups is 1. The topological polar surface area (TPSA) is 89.0 Å². The molecular weight excluding hydrogens is 423 g/mol. The summed E-state index contributed by atoms with van der Waals surface area (Å²) in [6.07, 6.45) is 0.0342. The van der Waals surface area contributed by atoms with E-state index in [2.05, 4.69) is 37.4 Å². The van der Waals surface area contributed by atoms with E-state index >= 15 is 0 Å². The van der Waals surface area contributed by atoms with Crippen molar-refractivity contribution in [2.75, 3.05) is 24.8 Å². The number of carbonyl (C=O) groups excluding carboxylic acids is 1. The third-order valence-corrected chi connectivity index (χ3v) is 5.11. The van der Waals surface area contributed by atoms with Crippen LogP contribution in [0.1, 0.15) is 17.7 Å². The predicted octanol–water partition coefficient (Wildman–Crippen LogP) is 3.61. The lowest BCUT2D eigenvalue weighted by Gasteiger charge is -2.10. The van der Waals surface area contributed by atoms with E-state index in [1.165, 1.54) is 6.20 Å². The van der Waals surface area contributed by atoms with Gasteiger partial charge in [-0.1, -0.05) is 5.92 Å². The first-order chi connectivity index (χ1) is 15.3. The Hall–Kier alpha value is -3.87. The Balaban J connectivity index is 1.64. The van der Waals surface area contributed by atoms with E-state index in [1.807, 2.05) is 0 Å². The highest BCUT2D eigenvalue weighted by atomic mass is 19.4. The van der Waals surface area contributed by atoms with Crippen molar-refractivity contribution in [3.05, 3.63) is 48.0 Å². The Kier molecular flexibility index (Phi) is 5.57. The second kappa shape index (κ2) is 8.34. The van der Waals surface area contributed by atoms with Crippen LogP contribution in [0.5, 0.6) is 5.75 Å². The summed E-state index contributed by atoms with van der Waals surface area (Å²) >= 11 is 0. The number of fused-ring (bicyclic) bond motifs is 1. The first kappa shape index (κ1) is 21.4. The van der Waals surface area contributed by atoms with Crippen LogP contribution in [0.15, 0.2) is 36.8 Å². The minimum Gasteiger partial charge on any atom is -0.495 e. The van der Waals surface area contributed by atoms with Crippen molar-refractivity contribution in [3.8, 4) is 17.6 Å². The quantitative estimate of drug-likeness (QED) is 0.602. The fraction of sp³-hybridized carbons (Fsp3) is 0.273. The van der Waals surface area contributed by atoms with E-state index in [0.717, 1.165) is 0 Å². The van der Waals surface area contributed by atoms with E-state index in [4.69, 9.17) is 4.74 Å². The average molecular weight is 441 g/mol. The van der Waals surface area contributed by atoms with Crippen LogP contribution in [-0.4, -0.2) is 41.2 Å². The van der Waals surface area contributed by atoms with Gasteiger partial charge in [0.25, 0.3) is 0 Å². The molecule has 3 aromatic heterocycles. The van der Waals surface area contributed by atoms with E-state index < -0.39 is 23.9 Å². The molecule has 0 radical (unpaired) electrons. The minimum absolute atomic E-state index is 0.147. The molecule has 164 valence electrons. The van der Waals surface area contributed by atoms with Gasteiger partial charge in [0.15, 0.2) is 0 Å². The van der Waals surface area contributed by atoms with Gasteiger partial charge in [-0.15, -0.1) is 0 Å². The molecule has 1 aliphatic rings. The Morgan fingerprint density at radius 2 is 1.94 bits per heavy atom. The molecule has 2 unspecified atom stereocenters. The first-order valence-corrected chi connectivity index (χ1v) is 9.66. The third kappa shape index (κ3) is 4.42. The van der Waals surface area contributed by atoms with Crippen molar-refractivity contribution in [2.45, 2.75) is 12.6 Å². The molecule has 0 spiro atoms. The lowest BCUT2D eigenvalue weighted by atomic mass is 10.1. The summed E-state index contributed by atoms with van der Waals surface area (Å²) in [5.41, 5.74) is 1.07. The van der Waals surface area contributed by atoms with Gasteiger partial charge < -0.3 is 15.4 Å². The maximum atomic E-state index is 12.8. The van der Waals surface area contributed by atoms with Crippen LogP contribution < -0.4 is 15.4 Å². The molecule has 1 fully saturated rings. The third-order valence-electron chi connectivity index (χ3n) is 5.11. The fourth-order valence-electron chi connectivity index (χ4n) is 3.27. The molecule has 3 aromatic rings. The molecule has 1 amide bonds. The molecule has 1 saturated carbocycles. The SMILES string of the molecule is CNc1ncc(C#Cc2ccc(OC)cn2)c2cc(NC(=O)C3CC3C(F)(F)F)ncc12. The fourth-order valence-corrected chi connectivity index (χ4v) is 3.27. The van der Waals surface area contributed by atoms with Gasteiger partial charge in [0.05, 0.1) is 30.7 Å². The molecule has 3 heterocycles. The van der Waals surface area contributed by atoms with Crippen molar-refractivity contribution in [3.63, 3.8) is 0 Å². The van der Waals surface area contributed by atoms with Crippen LogP contribution in [0.4, 0.5) is 24.8 Å². The molecule has 0 saturated heterocycles. The first-order valence-electron chi connectivity index (χ1n) is 9.66. The van der Waals surface area contributed by atoms with E-state index in [9.17, 15) is 18.0 Å². The molecule has 1 aliphatic carbocycles. The standard InChI is InChI=1S/C22H18F3N5O2/c1-26-20-17-11-28-19(30-21(31)16-7-18(16)22(23,24)25)8-15(17)12(9-29-20)3-4-13-5-6-14(32-2)10-27-13/h5-6,8-11,16,18H,7H2,1-2H3,(H,26,29)(H,28,30,31). The Morgan fingerprint density at radius 3 is 2.56 bits per heavy atom. The Labute approximate surface area is 181 Å². The molecule has 32 heavy (non-hydrogen) atoms. The van der Waals surface area contributed by atoms with E-state index in [0.29, 0.717) is 33.6 Å². The number of halogens is 3. The summed E-state index contributed by atoms with van der Waals surface area (Å²) in [5.74, 6) is 3.88. The number of hydrogen-bond donors (Lipinski definition) is 2. The predicted molar refractivity (Wildman–Crippen MR) is 112 cm³/mol. The highest BCUT2D eigenvalue weighted by Crippen LogP contribution is 2.50. The van der Waals surface area contributed by atoms with Crippen LogP contribution in [0.3, 0.4) is 0 Å². The molecule has 0 aromatic carbocycles. The summed E-state index contributed by atoms with van der Waals surface area (Å²) in [5, 5.41) is 6.73. The molecule has 4 rings (SSSR count). The Morgan fingerprint density at radius 1 is 1.12 bits per heavy atom. The van der Waals surface area contributed by atoms with Crippen LogP contribution >= 0.6 is 0 Å². The molecule has 7 nitrogen and oxygen atoms in total. The number of nitrogens with one attached hydrogen (secondary N) is 2. The second-order valence-corrected chi connectivity index (χ2v) is 7.20. The average Bonchev–Trinajstić information content (AvgIpc) is 3.59. The monoisotopic (exact) mass is 441 g/mol. The minimum atomic E-state index is -4.37. The van der Waals surface area contributed by atoms with E-state index in [-0.39, 0.29) is 12.2 Å². The molecule has 0 aliphatic heterocycles. The summed E-state index contributed by atoms with van der Waals surface area (Å²) in [4.78, 5) is 24.9. The number of alkyl halides is 3. The van der Waals surface area contributed by atoms with Crippen LogP contribution in [-0.2, 0) is 4.79 Å². The number of nitrogens with zero attached hydrogens (tertiary/aromatic N) is 3. The second-order valence-electron chi connectivity index (χ2n) is 7.20. The van der Waals surface area contributed by atoms with Crippen molar-refractivity contribution in [1.29, 1.82) is 0 Å². The lowest BCUT2D eigenvalue weighted by molar-refractivity contribution is -0.153. The van der Waals surface area contributed by atoms with Gasteiger partial charge >= 0.3 is 6.18 Å². The number of pyridine rings is 3. The number of methoxy groups -OCH3 is 1. The van der Waals surface area contributed by atoms with Gasteiger partial charge in [-0.2, -0.15) is 13.2 Å². The summed E-state index contributed by atoms with van der Waals surface area (Å²) in [6.45, 7) is 0. The van der Waals surface area contributed by atoms with Crippen molar-refractivity contribution in [2.24, 2.45) is 11.8 Å². The molecule has 0 bridgehead atoms. The van der Waals surface area contributed by atoms with Gasteiger partial charge in [0.2, 0.25) is 5.91 Å². The maximum Gasteiger partial charge on any atom is 0.392 e. The largest absolute Gasteiger partial charge is 0.495 e. The zero-order chi connectivity index (χ0) is 22.9. The summed E-state index contributed by atoms with van der Waals surface area (Å²) in [7, 11) is 3.24. The molecule has 2 atom stereocenters. The number of anilines is 2. The number of rotatable bonds is 4. The van der Waals surface area contributed by atoms with Gasteiger partial charge in [0.1, 0.15) is 23.1 Å². The maximum absolute atomic E-state index is 12.8. The lowest BCUT2D eigenvalue weighted by Crippen LogP contribution is -2.20. The smallest absolute Gasteiger partial charge is 0.392 e. The number of amides is 1. The van der Waals surface area contributed by atoms with Gasteiger partial charge in [-0.05, 0) is 30.5 Å².